The fourth-order valence-corrected chi connectivity index (χ4v) is 4.04. The Hall–Kier alpha value is -2.01. The Morgan fingerprint density at radius 1 is 1.05 bits per heavy atom. The highest BCUT2D eigenvalue weighted by Crippen LogP contribution is 2.30. The maximum atomic E-state index is 12.6. The number of rotatable bonds is 3. The highest BCUT2D eigenvalue weighted by Gasteiger charge is 2.20. The van der Waals surface area contributed by atoms with Gasteiger partial charge in [-0.3, -0.25) is 4.72 Å². The van der Waals surface area contributed by atoms with Crippen LogP contribution in [0.15, 0.2) is 35.2 Å². The lowest BCUT2D eigenvalue weighted by atomic mass is 10.1. The standard InChI is InChI=1S/C17H19NO3S/c1-11-6-9-16(12(2)17(11)19)18-22(20,21)15-8-7-13-4-3-5-14(13)10-15/h6-10,18-19H,3-5H2,1-2H3. The highest BCUT2D eigenvalue weighted by molar-refractivity contribution is 7.92. The lowest BCUT2D eigenvalue weighted by molar-refractivity contribution is 0.467. The molecule has 0 bridgehead atoms. The number of hydrogen-bond donors (Lipinski definition) is 2. The van der Waals surface area contributed by atoms with Crippen molar-refractivity contribution in [2.75, 3.05) is 4.72 Å². The molecule has 3 rings (SSSR count). The fourth-order valence-electron chi connectivity index (χ4n) is 2.87. The average Bonchev–Trinajstić information content (AvgIpc) is 2.95. The molecule has 0 amide bonds. The van der Waals surface area contributed by atoms with E-state index >= 15 is 0 Å². The molecule has 0 spiro atoms. The van der Waals surface area contributed by atoms with Gasteiger partial charge in [-0.05, 0) is 68.0 Å². The minimum absolute atomic E-state index is 0.120. The van der Waals surface area contributed by atoms with Crippen LogP contribution in [0, 0.1) is 13.8 Å². The van der Waals surface area contributed by atoms with E-state index in [1.165, 1.54) is 5.56 Å². The largest absolute Gasteiger partial charge is 0.507 e. The van der Waals surface area contributed by atoms with Gasteiger partial charge in [0.1, 0.15) is 5.75 Å². The minimum atomic E-state index is -3.65. The zero-order valence-corrected chi connectivity index (χ0v) is 13.5. The minimum Gasteiger partial charge on any atom is -0.507 e. The summed E-state index contributed by atoms with van der Waals surface area (Å²) in [4.78, 5) is 0.271. The van der Waals surface area contributed by atoms with Crippen molar-refractivity contribution in [3.8, 4) is 5.75 Å². The summed E-state index contributed by atoms with van der Waals surface area (Å²) in [7, 11) is -3.65. The van der Waals surface area contributed by atoms with Crippen LogP contribution in [0.3, 0.4) is 0 Å². The topological polar surface area (TPSA) is 66.4 Å². The zero-order chi connectivity index (χ0) is 15.9. The molecule has 22 heavy (non-hydrogen) atoms. The van der Waals surface area contributed by atoms with E-state index in [2.05, 4.69) is 4.72 Å². The molecule has 1 aliphatic carbocycles. The van der Waals surface area contributed by atoms with E-state index in [1.54, 1.807) is 38.1 Å². The molecule has 0 heterocycles. The van der Waals surface area contributed by atoms with Crippen molar-refractivity contribution in [3.63, 3.8) is 0 Å². The molecular formula is C17H19NO3S. The van der Waals surface area contributed by atoms with Crippen LogP contribution < -0.4 is 4.72 Å². The van der Waals surface area contributed by atoms with E-state index in [9.17, 15) is 13.5 Å². The van der Waals surface area contributed by atoms with Crippen LogP contribution in [0.2, 0.25) is 0 Å². The summed E-state index contributed by atoms with van der Waals surface area (Å²) in [5.41, 5.74) is 4.01. The Kier molecular flexibility index (Phi) is 3.60. The van der Waals surface area contributed by atoms with Gasteiger partial charge in [-0.15, -0.1) is 0 Å². The number of benzene rings is 2. The normalized spacial score (nSPS) is 13.9. The molecule has 0 saturated heterocycles. The van der Waals surface area contributed by atoms with Crippen molar-refractivity contribution in [3.05, 3.63) is 52.6 Å². The summed E-state index contributed by atoms with van der Waals surface area (Å²) in [6, 6.07) is 8.68. The fraction of sp³-hybridized carbons (Fsp3) is 0.294. The average molecular weight is 317 g/mol. The van der Waals surface area contributed by atoms with Gasteiger partial charge in [-0.1, -0.05) is 12.1 Å². The lowest BCUT2D eigenvalue weighted by Crippen LogP contribution is -2.14. The summed E-state index contributed by atoms with van der Waals surface area (Å²) in [5.74, 6) is 0.120. The first-order valence-corrected chi connectivity index (χ1v) is 8.80. The van der Waals surface area contributed by atoms with Crippen LogP contribution in [0.1, 0.15) is 28.7 Å². The predicted octanol–water partition coefficient (Wildman–Crippen LogP) is 3.30. The van der Waals surface area contributed by atoms with Crippen LogP contribution >= 0.6 is 0 Å². The van der Waals surface area contributed by atoms with Gasteiger partial charge in [-0.2, -0.15) is 0 Å². The summed E-state index contributed by atoms with van der Waals surface area (Å²) in [6.45, 7) is 3.48. The number of phenolic OH excluding ortho intramolecular Hbond substituents is 1. The predicted molar refractivity (Wildman–Crippen MR) is 86.9 cm³/mol. The Morgan fingerprint density at radius 2 is 1.77 bits per heavy atom. The monoisotopic (exact) mass is 317 g/mol. The molecule has 116 valence electrons. The van der Waals surface area contributed by atoms with Gasteiger partial charge in [-0.25, -0.2) is 8.42 Å². The first-order valence-electron chi connectivity index (χ1n) is 7.32. The van der Waals surface area contributed by atoms with Gasteiger partial charge >= 0.3 is 0 Å². The Morgan fingerprint density at radius 3 is 2.55 bits per heavy atom. The smallest absolute Gasteiger partial charge is 0.261 e. The molecule has 2 aromatic rings. The molecule has 5 heteroatoms. The Labute approximate surface area is 130 Å². The van der Waals surface area contributed by atoms with E-state index in [1.807, 2.05) is 6.07 Å². The number of anilines is 1. The number of phenols is 1. The number of hydrogen-bond acceptors (Lipinski definition) is 3. The quantitative estimate of drug-likeness (QED) is 0.913. The second-order valence-electron chi connectivity index (χ2n) is 5.79. The van der Waals surface area contributed by atoms with Crippen molar-refractivity contribution >= 4 is 15.7 Å². The molecule has 0 aromatic heterocycles. The Balaban J connectivity index is 1.96. The Bertz CT molecular complexity index is 841. The van der Waals surface area contributed by atoms with E-state index in [0.29, 0.717) is 11.3 Å². The summed E-state index contributed by atoms with van der Waals surface area (Å²) in [5, 5.41) is 9.95. The van der Waals surface area contributed by atoms with Crippen molar-refractivity contribution in [1.29, 1.82) is 0 Å². The third-order valence-corrected chi connectivity index (χ3v) is 5.62. The third-order valence-electron chi connectivity index (χ3n) is 4.26. The van der Waals surface area contributed by atoms with Gasteiger partial charge < -0.3 is 5.11 Å². The molecule has 0 unspecified atom stereocenters. The molecular weight excluding hydrogens is 298 g/mol. The van der Waals surface area contributed by atoms with Crippen LogP contribution in [0.4, 0.5) is 5.69 Å². The maximum Gasteiger partial charge on any atom is 0.261 e. The van der Waals surface area contributed by atoms with Crippen molar-refractivity contribution < 1.29 is 13.5 Å². The van der Waals surface area contributed by atoms with Crippen LogP contribution in [-0.4, -0.2) is 13.5 Å². The number of fused-ring (bicyclic) bond motifs is 1. The first kappa shape index (κ1) is 14.9. The van der Waals surface area contributed by atoms with Crippen LogP contribution in [-0.2, 0) is 22.9 Å². The van der Waals surface area contributed by atoms with E-state index in [-0.39, 0.29) is 10.6 Å². The SMILES string of the molecule is Cc1ccc(NS(=O)(=O)c2ccc3c(c2)CCC3)c(C)c1O. The number of sulfonamides is 1. The second-order valence-corrected chi connectivity index (χ2v) is 7.48. The summed E-state index contributed by atoms with van der Waals surface area (Å²) < 4.78 is 27.7. The highest BCUT2D eigenvalue weighted by atomic mass is 32.2. The molecule has 0 radical (unpaired) electrons. The second kappa shape index (κ2) is 5.32. The third kappa shape index (κ3) is 2.57. The van der Waals surface area contributed by atoms with E-state index in [0.717, 1.165) is 30.4 Å². The maximum absolute atomic E-state index is 12.6. The van der Waals surface area contributed by atoms with E-state index in [4.69, 9.17) is 0 Å². The number of aryl methyl sites for hydroxylation is 3. The van der Waals surface area contributed by atoms with Crippen molar-refractivity contribution in [1.82, 2.24) is 0 Å². The zero-order valence-electron chi connectivity index (χ0n) is 12.7. The van der Waals surface area contributed by atoms with Gasteiger partial charge in [0.15, 0.2) is 0 Å². The summed E-state index contributed by atoms with van der Waals surface area (Å²) >= 11 is 0. The number of nitrogens with one attached hydrogen (secondary N) is 1. The molecule has 0 saturated carbocycles. The van der Waals surface area contributed by atoms with Crippen molar-refractivity contribution in [2.45, 2.75) is 38.0 Å². The molecule has 2 aromatic carbocycles. The van der Waals surface area contributed by atoms with Gasteiger partial charge in [0, 0.05) is 5.56 Å². The molecule has 0 fully saturated rings. The molecule has 1 aliphatic rings. The lowest BCUT2D eigenvalue weighted by Gasteiger charge is -2.13. The molecule has 0 aliphatic heterocycles. The number of aromatic hydroxyl groups is 1. The molecule has 2 N–H and O–H groups in total. The van der Waals surface area contributed by atoms with Gasteiger partial charge in [0.05, 0.1) is 10.6 Å². The van der Waals surface area contributed by atoms with Crippen molar-refractivity contribution in [2.24, 2.45) is 0 Å². The van der Waals surface area contributed by atoms with Gasteiger partial charge in [0.25, 0.3) is 10.0 Å². The van der Waals surface area contributed by atoms with E-state index < -0.39 is 10.0 Å². The van der Waals surface area contributed by atoms with Crippen LogP contribution in [0.5, 0.6) is 5.75 Å². The van der Waals surface area contributed by atoms with Gasteiger partial charge in [0.2, 0.25) is 0 Å². The molecule has 0 atom stereocenters. The first-order chi connectivity index (χ1) is 10.4. The van der Waals surface area contributed by atoms with Crippen LogP contribution in [0.25, 0.3) is 0 Å². The summed E-state index contributed by atoms with van der Waals surface area (Å²) in [6.07, 6.45) is 3.04. The molecule has 4 nitrogen and oxygen atoms in total.